The number of amides is 1. The van der Waals surface area contributed by atoms with Crippen LogP contribution in [0.15, 0.2) is 70.7 Å². The Kier molecular flexibility index (Phi) is 7.97. The van der Waals surface area contributed by atoms with Crippen molar-refractivity contribution in [3.05, 3.63) is 83.1 Å². The molecule has 0 unspecified atom stereocenters. The first kappa shape index (κ1) is 24.0. The molecule has 0 aliphatic carbocycles. The van der Waals surface area contributed by atoms with Gasteiger partial charge in [-0.1, -0.05) is 24.3 Å². The summed E-state index contributed by atoms with van der Waals surface area (Å²) in [6.07, 6.45) is 1.30. The molecule has 1 aromatic heterocycles. The monoisotopic (exact) mass is 458 g/mol. The molecule has 0 aliphatic heterocycles. The summed E-state index contributed by atoms with van der Waals surface area (Å²) in [5.74, 6) is -0.908. The third-order valence-corrected chi connectivity index (χ3v) is 4.63. The van der Waals surface area contributed by atoms with Crippen LogP contribution in [0, 0.1) is 11.3 Å². The Labute approximate surface area is 196 Å². The van der Waals surface area contributed by atoms with E-state index in [1.807, 2.05) is 6.07 Å². The maximum atomic E-state index is 12.7. The number of nitrogens with zero attached hydrogens (tertiary/aromatic N) is 1. The lowest BCUT2D eigenvalue weighted by Crippen LogP contribution is -2.17. The maximum Gasteiger partial charge on any atom is 0.340 e. The van der Waals surface area contributed by atoms with Crippen molar-refractivity contribution in [2.45, 2.75) is 13.8 Å². The molecule has 8 heteroatoms. The molecule has 0 saturated carbocycles. The minimum Gasteiger partial charge on any atom is -0.462 e. The molecule has 0 bridgehead atoms. The van der Waals surface area contributed by atoms with Crippen LogP contribution < -0.4 is 5.32 Å². The van der Waals surface area contributed by atoms with E-state index < -0.39 is 17.8 Å². The fourth-order valence-corrected chi connectivity index (χ4v) is 3.03. The Bertz CT molecular complexity index is 1260. The van der Waals surface area contributed by atoms with Gasteiger partial charge in [0.25, 0.3) is 5.91 Å². The first-order valence-corrected chi connectivity index (χ1v) is 10.5. The SMILES string of the molecule is CCOC(=O)c1ccc(-c2ccc(/C=C(/C#N)C(=O)Nc3ccccc3C(=O)OCC)o2)cc1. The summed E-state index contributed by atoms with van der Waals surface area (Å²) in [6.45, 7) is 3.90. The highest BCUT2D eigenvalue weighted by atomic mass is 16.5. The van der Waals surface area contributed by atoms with Crippen LogP contribution in [0.5, 0.6) is 0 Å². The van der Waals surface area contributed by atoms with Crippen molar-refractivity contribution in [2.24, 2.45) is 0 Å². The van der Waals surface area contributed by atoms with Gasteiger partial charge < -0.3 is 19.2 Å². The molecule has 3 rings (SSSR count). The van der Waals surface area contributed by atoms with Crippen molar-refractivity contribution in [3.63, 3.8) is 0 Å². The van der Waals surface area contributed by atoms with E-state index >= 15 is 0 Å². The second-order valence-electron chi connectivity index (χ2n) is 6.89. The number of esters is 2. The molecule has 0 saturated heterocycles. The van der Waals surface area contributed by atoms with Crippen LogP contribution in [0.1, 0.15) is 40.3 Å². The Morgan fingerprint density at radius 2 is 1.62 bits per heavy atom. The number of nitriles is 1. The van der Waals surface area contributed by atoms with E-state index in [0.717, 1.165) is 0 Å². The van der Waals surface area contributed by atoms with Crippen molar-refractivity contribution in [2.75, 3.05) is 18.5 Å². The largest absolute Gasteiger partial charge is 0.462 e. The number of furan rings is 1. The lowest BCUT2D eigenvalue weighted by Gasteiger charge is -2.09. The van der Waals surface area contributed by atoms with Crippen molar-refractivity contribution >= 4 is 29.6 Å². The van der Waals surface area contributed by atoms with Gasteiger partial charge >= 0.3 is 11.9 Å². The fraction of sp³-hybridized carbons (Fsp3) is 0.154. The fourth-order valence-electron chi connectivity index (χ4n) is 3.03. The van der Waals surface area contributed by atoms with Crippen LogP contribution >= 0.6 is 0 Å². The predicted molar refractivity (Wildman–Crippen MR) is 125 cm³/mol. The highest BCUT2D eigenvalue weighted by molar-refractivity contribution is 6.11. The number of nitrogens with one attached hydrogen (secondary N) is 1. The average Bonchev–Trinajstić information content (AvgIpc) is 3.32. The van der Waals surface area contributed by atoms with Gasteiger partial charge in [-0.3, -0.25) is 4.79 Å². The summed E-state index contributed by atoms with van der Waals surface area (Å²) in [5.41, 5.74) is 1.33. The molecule has 0 spiro atoms. The van der Waals surface area contributed by atoms with E-state index in [9.17, 15) is 19.6 Å². The van der Waals surface area contributed by atoms with Gasteiger partial charge in [0.15, 0.2) is 0 Å². The standard InChI is InChI=1S/C26H22N2O6/c1-3-32-25(30)18-11-9-17(10-12-18)23-14-13-20(34-23)15-19(16-27)24(29)28-22-8-6-5-7-21(22)26(31)33-4-2/h5-15H,3-4H2,1-2H3,(H,28,29)/b19-15-. The van der Waals surface area contributed by atoms with Gasteiger partial charge in [-0.05, 0) is 50.2 Å². The Hall–Kier alpha value is -4.64. The highest BCUT2D eigenvalue weighted by Crippen LogP contribution is 2.24. The number of benzene rings is 2. The molecule has 8 nitrogen and oxygen atoms in total. The third kappa shape index (κ3) is 5.78. The lowest BCUT2D eigenvalue weighted by molar-refractivity contribution is -0.112. The molecule has 3 aromatic rings. The van der Waals surface area contributed by atoms with Gasteiger partial charge in [0, 0.05) is 11.6 Å². The zero-order valence-electron chi connectivity index (χ0n) is 18.7. The number of carbonyl (C=O) groups is 3. The van der Waals surface area contributed by atoms with Gasteiger partial charge in [0.1, 0.15) is 23.2 Å². The highest BCUT2D eigenvalue weighted by Gasteiger charge is 2.17. The zero-order valence-corrected chi connectivity index (χ0v) is 18.7. The summed E-state index contributed by atoms with van der Waals surface area (Å²) < 4.78 is 15.7. The molecule has 0 atom stereocenters. The number of hydrogen-bond acceptors (Lipinski definition) is 7. The number of anilines is 1. The molecule has 1 heterocycles. The molecule has 0 fully saturated rings. The van der Waals surface area contributed by atoms with E-state index in [-0.39, 0.29) is 35.8 Å². The van der Waals surface area contributed by atoms with Gasteiger partial charge in [-0.2, -0.15) is 5.26 Å². The van der Waals surface area contributed by atoms with E-state index in [0.29, 0.717) is 16.9 Å². The predicted octanol–water partition coefficient (Wildman–Crippen LogP) is 4.85. The average molecular weight is 458 g/mol. The number of para-hydroxylation sites is 1. The minimum absolute atomic E-state index is 0.182. The van der Waals surface area contributed by atoms with Gasteiger partial charge in [0.05, 0.1) is 30.0 Å². The van der Waals surface area contributed by atoms with Crippen molar-refractivity contribution in [1.29, 1.82) is 5.26 Å². The minimum atomic E-state index is -0.698. The van der Waals surface area contributed by atoms with Crippen molar-refractivity contribution in [3.8, 4) is 17.4 Å². The molecule has 2 aromatic carbocycles. The summed E-state index contributed by atoms with van der Waals surface area (Å²) in [5, 5.41) is 12.1. The van der Waals surface area contributed by atoms with Gasteiger partial charge in [-0.15, -0.1) is 0 Å². The molecule has 34 heavy (non-hydrogen) atoms. The molecule has 1 N–H and O–H groups in total. The third-order valence-electron chi connectivity index (χ3n) is 4.63. The number of hydrogen-bond donors (Lipinski definition) is 1. The quantitative estimate of drug-likeness (QED) is 0.291. The summed E-state index contributed by atoms with van der Waals surface area (Å²) in [6, 6.07) is 18.2. The second-order valence-corrected chi connectivity index (χ2v) is 6.89. The summed E-state index contributed by atoms with van der Waals surface area (Å²) in [7, 11) is 0. The van der Waals surface area contributed by atoms with Crippen molar-refractivity contribution in [1.82, 2.24) is 0 Å². The van der Waals surface area contributed by atoms with Crippen LogP contribution in [0.2, 0.25) is 0 Å². The zero-order chi connectivity index (χ0) is 24.5. The van der Waals surface area contributed by atoms with Gasteiger partial charge in [-0.25, -0.2) is 9.59 Å². The molecule has 172 valence electrons. The molecule has 1 amide bonds. The molecule has 0 aliphatic rings. The smallest absolute Gasteiger partial charge is 0.340 e. The van der Waals surface area contributed by atoms with Crippen molar-refractivity contribution < 1.29 is 28.3 Å². The topological polar surface area (TPSA) is 119 Å². The summed E-state index contributed by atoms with van der Waals surface area (Å²) in [4.78, 5) is 36.6. The van der Waals surface area contributed by atoms with E-state index in [4.69, 9.17) is 13.9 Å². The molecule has 0 radical (unpaired) electrons. The van der Waals surface area contributed by atoms with Crippen LogP contribution in [0.4, 0.5) is 5.69 Å². The molecular formula is C26H22N2O6. The van der Waals surface area contributed by atoms with Crippen LogP contribution in [-0.2, 0) is 14.3 Å². The van der Waals surface area contributed by atoms with Crippen LogP contribution in [-0.4, -0.2) is 31.1 Å². The normalized spacial score (nSPS) is 10.8. The Balaban J connectivity index is 1.77. The Morgan fingerprint density at radius 3 is 2.29 bits per heavy atom. The number of ether oxygens (including phenoxy) is 2. The second kappa shape index (κ2) is 11.3. The van der Waals surface area contributed by atoms with Crippen LogP contribution in [0.3, 0.4) is 0 Å². The summed E-state index contributed by atoms with van der Waals surface area (Å²) >= 11 is 0. The maximum absolute atomic E-state index is 12.7. The van der Waals surface area contributed by atoms with Gasteiger partial charge in [0.2, 0.25) is 0 Å². The first-order chi connectivity index (χ1) is 16.5. The van der Waals surface area contributed by atoms with E-state index in [1.165, 1.54) is 12.1 Å². The number of carbonyl (C=O) groups excluding carboxylic acids is 3. The molecular weight excluding hydrogens is 436 g/mol. The number of rotatable bonds is 8. The van der Waals surface area contributed by atoms with E-state index in [1.54, 1.807) is 68.4 Å². The Morgan fingerprint density at radius 1 is 0.941 bits per heavy atom. The van der Waals surface area contributed by atoms with Crippen LogP contribution in [0.25, 0.3) is 17.4 Å². The lowest BCUT2D eigenvalue weighted by atomic mass is 10.1. The first-order valence-electron chi connectivity index (χ1n) is 10.5. The van der Waals surface area contributed by atoms with E-state index in [2.05, 4.69) is 5.32 Å².